The van der Waals surface area contributed by atoms with Crippen molar-refractivity contribution in [3.8, 4) is 11.1 Å². The molecule has 0 saturated carbocycles. The minimum atomic E-state index is -0.839. The maximum Gasteiger partial charge on any atom is 0.407 e. The first-order chi connectivity index (χ1) is 14.6. The van der Waals surface area contributed by atoms with E-state index in [9.17, 15) is 14.4 Å². The van der Waals surface area contributed by atoms with Crippen molar-refractivity contribution in [2.45, 2.75) is 31.6 Å². The smallest absolute Gasteiger partial charge is 0.407 e. The number of carboxylic acids is 1. The molecule has 0 fully saturated rings. The van der Waals surface area contributed by atoms with Crippen LogP contribution in [0.3, 0.4) is 0 Å². The molecule has 7 heteroatoms. The van der Waals surface area contributed by atoms with Crippen molar-refractivity contribution < 1.29 is 24.2 Å². The molecule has 1 aliphatic rings. The molecule has 30 heavy (non-hydrogen) atoms. The molecule has 0 aromatic heterocycles. The summed E-state index contributed by atoms with van der Waals surface area (Å²) in [5.41, 5.74) is 4.63. The molecule has 0 atom stereocenters. The van der Waals surface area contributed by atoms with Crippen LogP contribution < -0.4 is 10.6 Å². The van der Waals surface area contributed by atoms with Crippen molar-refractivity contribution in [2.24, 2.45) is 0 Å². The first-order valence-corrected chi connectivity index (χ1v) is 10.1. The molecule has 0 saturated heterocycles. The molecule has 3 N–H and O–H groups in total. The molecule has 2 aromatic carbocycles. The van der Waals surface area contributed by atoms with Gasteiger partial charge in [0.1, 0.15) is 6.61 Å². The molecule has 2 amide bonds. The van der Waals surface area contributed by atoms with Crippen LogP contribution in [0.25, 0.3) is 11.1 Å². The Balaban J connectivity index is 1.38. The van der Waals surface area contributed by atoms with Crippen molar-refractivity contribution in [2.75, 3.05) is 19.7 Å². The zero-order valence-corrected chi connectivity index (χ0v) is 16.7. The monoisotopic (exact) mass is 410 g/mol. The Bertz CT molecular complexity index is 866. The molecule has 0 aliphatic heterocycles. The van der Waals surface area contributed by atoms with E-state index in [1.54, 1.807) is 0 Å². The number of hydrogen-bond donors (Lipinski definition) is 3. The van der Waals surface area contributed by atoms with Gasteiger partial charge in [-0.15, -0.1) is 0 Å². The lowest BCUT2D eigenvalue weighted by atomic mass is 9.98. The summed E-state index contributed by atoms with van der Waals surface area (Å²) in [6.07, 6.45) is 0.819. The SMILES string of the molecule is O=C(O)CCCCNC(=O)CCNC(=O)OCC1c2ccccc2-c2ccccc21. The van der Waals surface area contributed by atoms with E-state index >= 15 is 0 Å². The summed E-state index contributed by atoms with van der Waals surface area (Å²) in [5.74, 6) is -1.03. The molecule has 2 aromatic rings. The average Bonchev–Trinajstić information content (AvgIpc) is 3.05. The average molecular weight is 410 g/mol. The highest BCUT2D eigenvalue weighted by Gasteiger charge is 2.28. The molecular formula is C23H26N2O5. The number of carbonyl (C=O) groups is 3. The molecule has 0 radical (unpaired) electrons. The first-order valence-electron chi connectivity index (χ1n) is 10.1. The number of nitrogens with one attached hydrogen (secondary N) is 2. The van der Waals surface area contributed by atoms with Gasteiger partial charge in [-0.3, -0.25) is 9.59 Å². The van der Waals surface area contributed by atoms with Gasteiger partial charge in [-0.2, -0.15) is 0 Å². The quantitative estimate of drug-likeness (QED) is 0.522. The molecular weight excluding hydrogens is 384 g/mol. The summed E-state index contributed by atoms with van der Waals surface area (Å²) < 4.78 is 5.42. The Labute approximate surface area is 175 Å². The Hall–Kier alpha value is -3.35. The molecule has 0 spiro atoms. The topological polar surface area (TPSA) is 105 Å². The summed E-state index contributed by atoms with van der Waals surface area (Å²) in [7, 11) is 0. The minimum absolute atomic E-state index is 0.00255. The first kappa shape index (κ1) is 21.4. The van der Waals surface area contributed by atoms with Gasteiger partial charge in [-0.25, -0.2) is 4.79 Å². The molecule has 3 rings (SSSR count). The van der Waals surface area contributed by atoms with Crippen molar-refractivity contribution in [1.82, 2.24) is 10.6 Å². The van der Waals surface area contributed by atoms with Crippen molar-refractivity contribution in [3.63, 3.8) is 0 Å². The number of alkyl carbamates (subject to hydrolysis) is 1. The summed E-state index contributed by atoms with van der Waals surface area (Å²) >= 11 is 0. The third-order valence-corrected chi connectivity index (χ3v) is 5.10. The molecule has 158 valence electrons. The second-order valence-corrected chi connectivity index (χ2v) is 7.20. The van der Waals surface area contributed by atoms with Gasteiger partial charge >= 0.3 is 12.1 Å². The highest BCUT2D eigenvalue weighted by molar-refractivity contribution is 5.79. The van der Waals surface area contributed by atoms with Gasteiger partial charge in [-0.1, -0.05) is 48.5 Å². The number of fused-ring (bicyclic) bond motifs is 3. The van der Waals surface area contributed by atoms with Crippen LogP contribution in [0.5, 0.6) is 0 Å². The van der Waals surface area contributed by atoms with Gasteiger partial charge in [0, 0.05) is 31.8 Å². The van der Waals surface area contributed by atoms with Crippen LogP contribution in [0.4, 0.5) is 4.79 Å². The number of rotatable bonds is 10. The summed E-state index contributed by atoms with van der Waals surface area (Å²) in [4.78, 5) is 34.2. The zero-order valence-electron chi connectivity index (χ0n) is 16.7. The van der Waals surface area contributed by atoms with Crippen LogP contribution >= 0.6 is 0 Å². The van der Waals surface area contributed by atoms with E-state index in [1.165, 1.54) is 11.1 Å². The van der Waals surface area contributed by atoms with Crippen LogP contribution in [0.15, 0.2) is 48.5 Å². The Morgan fingerprint density at radius 2 is 1.47 bits per heavy atom. The standard InChI is InChI=1S/C23H26N2O5/c26-21(24-13-6-5-11-22(27)28)12-14-25-23(29)30-15-20-18-9-3-1-7-16(18)17-8-2-4-10-19(17)20/h1-4,7-10,20H,5-6,11-15H2,(H,24,26)(H,25,29)(H,27,28). The minimum Gasteiger partial charge on any atom is -0.481 e. The maximum atomic E-state index is 12.0. The van der Waals surface area contributed by atoms with Gasteiger partial charge in [0.15, 0.2) is 0 Å². The van der Waals surface area contributed by atoms with Crippen LogP contribution in [0, 0.1) is 0 Å². The maximum absolute atomic E-state index is 12.0. The lowest BCUT2D eigenvalue weighted by molar-refractivity contribution is -0.137. The highest BCUT2D eigenvalue weighted by Crippen LogP contribution is 2.44. The summed E-state index contributed by atoms with van der Waals surface area (Å²) in [6.45, 7) is 0.838. The van der Waals surface area contributed by atoms with E-state index in [-0.39, 0.29) is 37.8 Å². The van der Waals surface area contributed by atoms with Gasteiger partial charge in [0.05, 0.1) is 0 Å². The Morgan fingerprint density at radius 1 is 0.833 bits per heavy atom. The van der Waals surface area contributed by atoms with E-state index in [1.807, 2.05) is 24.3 Å². The van der Waals surface area contributed by atoms with Gasteiger partial charge in [0.2, 0.25) is 5.91 Å². The van der Waals surface area contributed by atoms with Crippen molar-refractivity contribution in [1.29, 1.82) is 0 Å². The Kier molecular flexibility index (Phi) is 7.43. The predicted molar refractivity (Wildman–Crippen MR) is 112 cm³/mol. The molecule has 7 nitrogen and oxygen atoms in total. The molecule has 0 bridgehead atoms. The number of benzene rings is 2. The zero-order chi connectivity index (χ0) is 21.3. The second-order valence-electron chi connectivity index (χ2n) is 7.20. The van der Waals surface area contributed by atoms with Crippen LogP contribution in [-0.2, 0) is 14.3 Å². The summed E-state index contributed by atoms with van der Waals surface area (Å²) in [6, 6.07) is 16.2. The highest BCUT2D eigenvalue weighted by atomic mass is 16.5. The fraction of sp³-hybridized carbons (Fsp3) is 0.348. The molecule has 0 unspecified atom stereocenters. The number of aliphatic carboxylic acids is 1. The second kappa shape index (κ2) is 10.4. The fourth-order valence-electron chi connectivity index (χ4n) is 3.64. The van der Waals surface area contributed by atoms with E-state index in [2.05, 4.69) is 34.9 Å². The lowest BCUT2D eigenvalue weighted by Gasteiger charge is -2.14. The number of amides is 2. The predicted octanol–water partition coefficient (Wildman–Crippen LogP) is 3.29. The normalized spacial score (nSPS) is 12.0. The number of carboxylic acid groups (broad SMARTS) is 1. The van der Waals surface area contributed by atoms with Crippen molar-refractivity contribution in [3.05, 3.63) is 59.7 Å². The van der Waals surface area contributed by atoms with Crippen LogP contribution in [0.1, 0.15) is 42.7 Å². The number of carbonyl (C=O) groups excluding carboxylic acids is 2. The fourth-order valence-corrected chi connectivity index (χ4v) is 3.64. The Morgan fingerprint density at radius 3 is 2.10 bits per heavy atom. The largest absolute Gasteiger partial charge is 0.481 e. The van der Waals surface area contributed by atoms with Crippen LogP contribution in [-0.4, -0.2) is 42.8 Å². The third kappa shape index (κ3) is 5.59. The third-order valence-electron chi connectivity index (χ3n) is 5.10. The van der Waals surface area contributed by atoms with Gasteiger partial charge < -0.3 is 20.5 Å². The van der Waals surface area contributed by atoms with E-state index in [0.29, 0.717) is 19.4 Å². The van der Waals surface area contributed by atoms with Crippen molar-refractivity contribution >= 4 is 18.0 Å². The molecule has 0 heterocycles. The van der Waals surface area contributed by atoms with E-state index in [4.69, 9.17) is 9.84 Å². The van der Waals surface area contributed by atoms with E-state index in [0.717, 1.165) is 11.1 Å². The number of ether oxygens (including phenoxy) is 1. The number of unbranched alkanes of at least 4 members (excludes halogenated alkanes) is 1. The van der Waals surface area contributed by atoms with Gasteiger partial charge in [0.25, 0.3) is 0 Å². The number of hydrogen-bond acceptors (Lipinski definition) is 4. The van der Waals surface area contributed by atoms with Crippen LogP contribution in [0.2, 0.25) is 0 Å². The molecule has 1 aliphatic carbocycles. The van der Waals surface area contributed by atoms with E-state index < -0.39 is 12.1 Å². The summed E-state index contributed by atoms with van der Waals surface area (Å²) in [5, 5.41) is 13.9. The lowest BCUT2D eigenvalue weighted by Crippen LogP contribution is -2.32. The van der Waals surface area contributed by atoms with Gasteiger partial charge in [-0.05, 0) is 35.1 Å².